The summed E-state index contributed by atoms with van der Waals surface area (Å²) in [5, 5.41) is 1.17. The molecule has 0 atom stereocenters. The van der Waals surface area contributed by atoms with Gasteiger partial charge in [0, 0.05) is 51.4 Å². The Morgan fingerprint density at radius 1 is 1.15 bits per heavy atom. The number of nitrogens with zero attached hydrogens (tertiary/aromatic N) is 2. The van der Waals surface area contributed by atoms with E-state index in [0.717, 1.165) is 54.0 Å². The molecule has 3 nitrogen and oxygen atoms in total. The summed E-state index contributed by atoms with van der Waals surface area (Å²) in [6.07, 6.45) is 7.72. The summed E-state index contributed by atoms with van der Waals surface area (Å²) in [7, 11) is 0. The summed E-state index contributed by atoms with van der Waals surface area (Å²) >= 11 is 3.45. The summed E-state index contributed by atoms with van der Waals surface area (Å²) in [6.45, 7) is 2.11. The van der Waals surface area contributed by atoms with E-state index in [4.69, 9.17) is 4.99 Å². The lowest BCUT2D eigenvalue weighted by atomic mass is 9.94. The Hall–Kier alpha value is -2.03. The van der Waals surface area contributed by atoms with Gasteiger partial charge in [-0.3, -0.25) is 4.79 Å². The Balaban J connectivity index is 1.57. The van der Waals surface area contributed by atoms with Crippen LogP contribution in [0, 0.1) is 12.1 Å². The van der Waals surface area contributed by atoms with E-state index in [1.54, 1.807) is 23.1 Å². The maximum absolute atomic E-state index is 11.7. The molecule has 0 bridgehead atoms. The minimum atomic E-state index is 0.821. The van der Waals surface area contributed by atoms with Crippen molar-refractivity contribution in [2.75, 3.05) is 6.54 Å². The van der Waals surface area contributed by atoms with E-state index in [9.17, 15) is 4.79 Å². The molecule has 1 fully saturated rings. The van der Waals surface area contributed by atoms with Crippen LogP contribution >= 0.6 is 23.1 Å². The lowest BCUT2D eigenvalue weighted by Crippen LogP contribution is -2.32. The molecular weight excluding hydrogens is 372 g/mol. The molecule has 3 aliphatic rings. The Morgan fingerprint density at radius 3 is 2.96 bits per heavy atom. The van der Waals surface area contributed by atoms with Gasteiger partial charge in [0.15, 0.2) is 0 Å². The molecule has 1 aromatic heterocycles. The van der Waals surface area contributed by atoms with Gasteiger partial charge in [-0.2, -0.15) is 0 Å². The second-order valence-corrected chi connectivity index (χ2v) is 9.28. The third-order valence-electron chi connectivity index (χ3n) is 5.50. The molecule has 2 aromatic rings. The van der Waals surface area contributed by atoms with Gasteiger partial charge in [0.2, 0.25) is 0 Å². The summed E-state index contributed by atoms with van der Waals surface area (Å²) < 4.78 is 0. The standard InChI is InChI=1S/C22H20N2OS2/c25-14-15-10-11-17-18-13-24-12-6-2-5-9-19(24)23-22(18)27-21(17)20(15)26-16-7-3-1-4-8-16/h3,7-8,14H,2,5-6,9-13H2. The van der Waals surface area contributed by atoms with Gasteiger partial charge in [-0.15, -0.1) is 11.3 Å². The molecule has 0 unspecified atom stereocenters. The minimum Gasteiger partial charge on any atom is -0.356 e. The van der Waals surface area contributed by atoms with E-state index in [1.807, 2.05) is 18.2 Å². The molecular formula is C22H20N2OS2. The predicted molar refractivity (Wildman–Crippen MR) is 112 cm³/mol. The molecule has 0 radical (unpaired) electrons. The predicted octanol–water partition coefficient (Wildman–Crippen LogP) is 5.42. The van der Waals surface area contributed by atoms with Crippen LogP contribution in [0.2, 0.25) is 0 Å². The van der Waals surface area contributed by atoms with Gasteiger partial charge in [-0.05, 0) is 43.4 Å². The summed E-state index contributed by atoms with van der Waals surface area (Å²) in [4.78, 5) is 22.7. The monoisotopic (exact) mass is 392 g/mol. The van der Waals surface area contributed by atoms with E-state index in [2.05, 4.69) is 17.0 Å². The van der Waals surface area contributed by atoms with Crippen LogP contribution in [0.3, 0.4) is 0 Å². The number of thiophene rings is 1. The molecule has 136 valence electrons. The highest BCUT2D eigenvalue weighted by atomic mass is 32.2. The third kappa shape index (κ3) is 3.11. The number of amidine groups is 1. The number of thioether (sulfide) groups is 1. The first-order valence-electron chi connectivity index (χ1n) is 9.55. The van der Waals surface area contributed by atoms with E-state index >= 15 is 0 Å². The van der Waals surface area contributed by atoms with E-state index in [-0.39, 0.29) is 0 Å². The van der Waals surface area contributed by atoms with Gasteiger partial charge >= 0.3 is 0 Å². The number of rotatable bonds is 3. The Bertz CT molecular complexity index is 943. The molecule has 0 N–H and O–H groups in total. The number of allylic oxidation sites excluding steroid dienone is 1. The van der Waals surface area contributed by atoms with Crippen molar-refractivity contribution in [2.24, 2.45) is 4.99 Å². The van der Waals surface area contributed by atoms with Crippen LogP contribution in [0.25, 0.3) is 4.91 Å². The number of hydrogen-bond donors (Lipinski definition) is 0. The summed E-state index contributed by atoms with van der Waals surface area (Å²) in [5.74, 6) is 1.26. The maximum atomic E-state index is 11.7. The largest absolute Gasteiger partial charge is 0.356 e. The fraction of sp³-hybridized carbons (Fsp3) is 0.364. The molecule has 5 heteroatoms. The number of aldehydes is 1. The van der Waals surface area contributed by atoms with Crippen molar-refractivity contribution in [3.05, 3.63) is 51.9 Å². The van der Waals surface area contributed by atoms with Crippen molar-refractivity contribution in [2.45, 2.75) is 50.0 Å². The van der Waals surface area contributed by atoms with Gasteiger partial charge in [0.1, 0.15) is 17.1 Å². The lowest BCUT2D eigenvalue weighted by molar-refractivity contribution is -0.105. The van der Waals surface area contributed by atoms with Gasteiger partial charge in [0.05, 0.1) is 0 Å². The normalized spacial score (nSPS) is 18.7. The minimum absolute atomic E-state index is 0.821. The lowest BCUT2D eigenvalue weighted by Gasteiger charge is -2.28. The van der Waals surface area contributed by atoms with Crippen molar-refractivity contribution >= 4 is 45.1 Å². The highest BCUT2D eigenvalue weighted by molar-refractivity contribution is 8.08. The molecule has 0 amide bonds. The zero-order valence-electron chi connectivity index (χ0n) is 15.1. The van der Waals surface area contributed by atoms with E-state index < -0.39 is 0 Å². The molecule has 1 saturated heterocycles. The van der Waals surface area contributed by atoms with Gasteiger partial charge in [-0.1, -0.05) is 30.3 Å². The Morgan fingerprint density at radius 2 is 2.11 bits per heavy atom. The van der Waals surface area contributed by atoms with Crippen molar-refractivity contribution in [3.63, 3.8) is 0 Å². The van der Waals surface area contributed by atoms with Crippen molar-refractivity contribution in [1.29, 1.82) is 0 Å². The van der Waals surface area contributed by atoms with Crippen molar-refractivity contribution < 1.29 is 4.79 Å². The first-order valence-corrected chi connectivity index (χ1v) is 11.2. The smallest absolute Gasteiger partial charge is 0.147 e. The summed E-state index contributed by atoms with van der Waals surface area (Å²) in [5.41, 5.74) is 3.74. The third-order valence-corrected chi connectivity index (χ3v) is 7.98. The van der Waals surface area contributed by atoms with Gasteiger partial charge in [0.25, 0.3) is 0 Å². The second kappa shape index (κ2) is 7.18. The molecule has 27 heavy (non-hydrogen) atoms. The Kier molecular flexibility index (Phi) is 4.55. The average molecular weight is 393 g/mol. The van der Waals surface area contributed by atoms with Gasteiger partial charge in [-0.25, -0.2) is 4.99 Å². The molecule has 5 rings (SSSR count). The number of carbonyl (C=O) groups is 1. The first kappa shape index (κ1) is 17.1. The van der Waals surface area contributed by atoms with Crippen LogP contribution in [0.4, 0.5) is 5.00 Å². The zero-order chi connectivity index (χ0) is 18.2. The topological polar surface area (TPSA) is 32.7 Å². The summed E-state index contributed by atoms with van der Waals surface area (Å²) in [6, 6.07) is 11.8. The maximum Gasteiger partial charge on any atom is 0.147 e. The number of aliphatic imine (C=N–C) groups is 1. The van der Waals surface area contributed by atoms with Crippen LogP contribution in [-0.2, 0) is 17.8 Å². The highest BCUT2D eigenvalue weighted by Crippen LogP contribution is 2.51. The van der Waals surface area contributed by atoms with Gasteiger partial charge < -0.3 is 4.90 Å². The highest BCUT2D eigenvalue weighted by Gasteiger charge is 2.31. The fourth-order valence-electron chi connectivity index (χ4n) is 4.10. The molecule has 1 aromatic carbocycles. The quantitative estimate of drug-likeness (QED) is 0.654. The number of carbonyl (C=O) groups excluding carboxylic acids is 1. The fourth-order valence-corrected chi connectivity index (χ4v) is 6.56. The van der Waals surface area contributed by atoms with E-state index in [1.165, 1.54) is 46.1 Å². The van der Waals surface area contributed by atoms with E-state index in [0.29, 0.717) is 0 Å². The average Bonchev–Trinajstić information content (AvgIpc) is 2.90. The SMILES string of the molecule is O=CC1=C(Sc2cc#ccc2)c2sc3c(c2CC1)CN1CCCCCC1=N3. The van der Waals surface area contributed by atoms with Crippen LogP contribution in [-0.4, -0.2) is 23.6 Å². The van der Waals surface area contributed by atoms with Crippen molar-refractivity contribution in [3.8, 4) is 0 Å². The number of fused-ring (bicyclic) bond motifs is 4. The van der Waals surface area contributed by atoms with Crippen LogP contribution in [0.1, 0.15) is 48.1 Å². The molecule has 1 aliphatic carbocycles. The number of hydrogen-bond acceptors (Lipinski definition) is 5. The zero-order valence-corrected chi connectivity index (χ0v) is 16.7. The second-order valence-electron chi connectivity index (χ2n) is 7.20. The van der Waals surface area contributed by atoms with Crippen LogP contribution in [0.5, 0.6) is 0 Å². The molecule has 2 aliphatic heterocycles. The Labute approximate surface area is 168 Å². The van der Waals surface area contributed by atoms with Crippen molar-refractivity contribution in [1.82, 2.24) is 4.90 Å². The first-order chi connectivity index (χ1) is 13.3. The molecule has 0 spiro atoms. The molecule has 0 saturated carbocycles. The molecule has 3 heterocycles. The van der Waals surface area contributed by atoms with Crippen LogP contribution in [0.15, 0.2) is 33.7 Å². The van der Waals surface area contributed by atoms with Crippen LogP contribution < -0.4 is 0 Å².